The van der Waals surface area contributed by atoms with E-state index in [2.05, 4.69) is 16.7 Å². The van der Waals surface area contributed by atoms with E-state index in [0.29, 0.717) is 25.1 Å². The van der Waals surface area contributed by atoms with Gasteiger partial charge in [0.05, 0.1) is 6.04 Å². The van der Waals surface area contributed by atoms with Gasteiger partial charge in [-0.15, -0.1) is 0 Å². The Morgan fingerprint density at radius 2 is 1.88 bits per heavy atom. The number of aliphatic carboxylic acids is 1. The van der Waals surface area contributed by atoms with Crippen LogP contribution in [-0.2, 0) is 20.9 Å². The summed E-state index contributed by atoms with van der Waals surface area (Å²) in [4.78, 5) is 39.8. The third-order valence-corrected chi connectivity index (χ3v) is 6.67. The predicted octanol–water partition coefficient (Wildman–Crippen LogP) is 1.84. The second kappa shape index (κ2) is 7.75. The van der Waals surface area contributed by atoms with Crippen LogP contribution in [0.1, 0.15) is 24.6 Å². The lowest BCUT2D eigenvalue weighted by Crippen LogP contribution is -2.73. The Balaban J connectivity index is 1.48. The van der Waals surface area contributed by atoms with Gasteiger partial charge in [-0.2, -0.15) is 4.57 Å². The van der Waals surface area contributed by atoms with Crippen molar-refractivity contribution in [3.8, 4) is 0 Å². The van der Waals surface area contributed by atoms with Crippen LogP contribution in [-0.4, -0.2) is 51.3 Å². The minimum absolute atomic E-state index is 0.0495. The molecule has 3 aliphatic rings. The van der Waals surface area contributed by atoms with Gasteiger partial charge in [0, 0.05) is 43.2 Å². The third-order valence-electron chi connectivity index (χ3n) is 6.67. The summed E-state index contributed by atoms with van der Waals surface area (Å²) in [5.41, 5.74) is 2.82. The first-order chi connectivity index (χ1) is 15.5. The van der Waals surface area contributed by atoms with Gasteiger partial charge in [0.15, 0.2) is 12.7 Å². The number of aromatic nitrogens is 1. The Kier molecular flexibility index (Phi) is 4.89. The van der Waals surface area contributed by atoms with Gasteiger partial charge in [-0.1, -0.05) is 30.3 Å². The molecule has 3 aliphatic heterocycles. The molecule has 5 rings (SSSR count). The standard InChI is InChI=1S/C25H23N3O4/c1-16(29)27-14-12-20-19(22(25(31)32)28-21(20)23(27)24(28)30)11-10-18-9-5-6-13-26(18)15-17-7-3-2-4-8-17/h2-11,13,20-21,23H,12,14-15H2,1H3/p+1/t20?,21-,23+/m1/s1. The number of hydrogen-bond donors (Lipinski definition) is 1. The number of hydrogen-bond acceptors (Lipinski definition) is 3. The van der Waals surface area contributed by atoms with Gasteiger partial charge in [-0.3, -0.25) is 14.5 Å². The molecular formula is C25H24N3O4+. The van der Waals surface area contributed by atoms with Crippen LogP contribution in [0.15, 0.2) is 72.1 Å². The Hall–Kier alpha value is -3.74. The predicted molar refractivity (Wildman–Crippen MR) is 116 cm³/mol. The van der Waals surface area contributed by atoms with Crippen LogP contribution in [0.25, 0.3) is 6.08 Å². The summed E-state index contributed by atoms with van der Waals surface area (Å²) in [6.07, 6.45) is 6.40. The van der Waals surface area contributed by atoms with Gasteiger partial charge >= 0.3 is 5.97 Å². The zero-order valence-corrected chi connectivity index (χ0v) is 17.7. The van der Waals surface area contributed by atoms with E-state index in [0.717, 1.165) is 5.69 Å². The molecular weight excluding hydrogens is 406 g/mol. The molecule has 2 aromatic rings. The van der Waals surface area contributed by atoms with Crippen molar-refractivity contribution in [2.24, 2.45) is 5.92 Å². The van der Waals surface area contributed by atoms with Crippen molar-refractivity contribution in [2.75, 3.05) is 6.54 Å². The van der Waals surface area contributed by atoms with Gasteiger partial charge < -0.3 is 10.0 Å². The van der Waals surface area contributed by atoms with Crippen molar-refractivity contribution in [3.63, 3.8) is 0 Å². The lowest BCUT2D eigenvalue weighted by Gasteiger charge is -2.53. The maximum atomic E-state index is 12.8. The van der Waals surface area contributed by atoms with Crippen molar-refractivity contribution in [1.29, 1.82) is 0 Å². The molecule has 2 fully saturated rings. The van der Waals surface area contributed by atoms with Crippen LogP contribution in [0.4, 0.5) is 0 Å². The molecule has 32 heavy (non-hydrogen) atoms. The van der Waals surface area contributed by atoms with Crippen molar-refractivity contribution in [1.82, 2.24) is 9.80 Å². The lowest BCUT2D eigenvalue weighted by atomic mass is 9.78. The minimum Gasteiger partial charge on any atom is -0.477 e. The third kappa shape index (κ3) is 3.12. The smallest absolute Gasteiger partial charge is 0.352 e. The van der Waals surface area contributed by atoms with Crippen molar-refractivity contribution in [3.05, 3.63) is 83.3 Å². The van der Waals surface area contributed by atoms with E-state index in [-0.39, 0.29) is 29.5 Å². The number of allylic oxidation sites excluding steroid dienone is 1. The van der Waals surface area contributed by atoms with E-state index < -0.39 is 12.0 Å². The first kappa shape index (κ1) is 20.2. The normalized spacial score (nSPS) is 24.0. The molecule has 3 atom stereocenters. The van der Waals surface area contributed by atoms with Crippen LogP contribution in [0.5, 0.6) is 0 Å². The number of carboxylic acid groups (broad SMARTS) is 1. The molecule has 4 heterocycles. The lowest BCUT2D eigenvalue weighted by molar-refractivity contribution is -0.690. The summed E-state index contributed by atoms with van der Waals surface area (Å²) in [7, 11) is 0. The molecule has 0 saturated carbocycles. The second-order valence-electron chi connectivity index (χ2n) is 8.43. The molecule has 0 spiro atoms. The highest BCUT2D eigenvalue weighted by molar-refractivity contribution is 6.03. The number of carbonyl (C=O) groups is 3. The number of piperidine rings is 1. The van der Waals surface area contributed by atoms with Gasteiger partial charge in [0.1, 0.15) is 11.7 Å². The summed E-state index contributed by atoms with van der Waals surface area (Å²) in [6, 6.07) is 15.2. The Morgan fingerprint density at radius 1 is 1.12 bits per heavy atom. The summed E-state index contributed by atoms with van der Waals surface area (Å²) < 4.78 is 2.10. The van der Waals surface area contributed by atoms with Gasteiger partial charge in [-0.05, 0) is 24.1 Å². The second-order valence-corrected chi connectivity index (χ2v) is 8.43. The fraction of sp³-hybridized carbons (Fsp3) is 0.280. The zero-order chi connectivity index (χ0) is 22.4. The van der Waals surface area contributed by atoms with E-state index in [1.54, 1.807) is 4.90 Å². The van der Waals surface area contributed by atoms with Crippen LogP contribution < -0.4 is 4.57 Å². The van der Waals surface area contributed by atoms with Crippen LogP contribution >= 0.6 is 0 Å². The quantitative estimate of drug-likeness (QED) is 0.580. The Morgan fingerprint density at radius 3 is 2.59 bits per heavy atom. The number of carboxylic acids is 1. The highest BCUT2D eigenvalue weighted by Crippen LogP contribution is 2.49. The molecule has 1 aromatic heterocycles. The average molecular weight is 430 g/mol. The van der Waals surface area contributed by atoms with E-state index in [1.807, 2.05) is 54.7 Å². The van der Waals surface area contributed by atoms with E-state index in [1.165, 1.54) is 17.4 Å². The number of β-lactam (4-membered cyclic amide) rings is 1. The van der Waals surface area contributed by atoms with Gasteiger partial charge in [-0.25, -0.2) is 4.79 Å². The zero-order valence-electron chi connectivity index (χ0n) is 17.7. The number of carbonyl (C=O) groups excluding carboxylic acids is 2. The van der Waals surface area contributed by atoms with E-state index in [4.69, 9.17) is 0 Å². The Bertz CT molecular complexity index is 1170. The first-order valence-corrected chi connectivity index (χ1v) is 10.8. The summed E-state index contributed by atoms with van der Waals surface area (Å²) in [5.74, 6) is -1.63. The fourth-order valence-corrected chi connectivity index (χ4v) is 5.24. The van der Waals surface area contributed by atoms with E-state index >= 15 is 0 Å². The maximum absolute atomic E-state index is 12.8. The van der Waals surface area contributed by atoms with Gasteiger partial charge in [0.2, 0.25) is 11.6 Å². The van der Waals surface area contributed by atoms with E-state index in [9.17, 15) is 19.5 Å². The molecule has 2 saturated heterocycles. The van der Waals surface area contributed by atoms with Gasteiger partial charge in [0.25, 0.3) is 5.91 Å². The summed E-state index contributed by atoms with van der Waals surface area (Å²) >= 11 is 0. The number of rotatable bonds is 5. The molecule has 7 nitrogen and oxygen atoms in total. The molecule has 162 valence electrons. The molecule has 0 radical (unpaired) electrons. The first-order valence-electron chi connectivity index (χ1n) is 10.8. The average Bonchev–Trinajstić information content (AvgIpc) is 3.11. The molecule has 1 unspecified atom stereocenters. The summed E-state index contributed by atoms with van der Waals surface area (Å²) in [5, 5.41) is 9.89. The van der Waals surface area contributed by atoms with Crippen molar-refractivity contribution >= 4 is 23.9 Å². The SMILES string of the molecule is CC(=O)N1CCC2C(/C=C/c3cccc[n+]3Cc3ccccc3)=C(C(=O)O)N3C(=O)[C@@H]1[C@@H]23. The van der Waals surface area contributed by atoms with Crippen LogP contribution in [0, 0.1) is 5.92 Å². The van der Waals surface area contributed by atoms with Crippen LogP contribution in [0.2, 0.25) is 0 Å². The molecule has 1 aromatic carbocycles. The maximum Gasteiger partial charge on any atom is 0.352 e. The van der Waals surface area contributed by atoms with Crippen molar-refractivity contribution in [2.45, 2.75) is 32.0 Å². The number of likely N-dealkylation sites (tertiary alicyclic amines) is 1. The number of pyridine rings is 1. The molecule has 0 bridgehead atoms. The summed E-state index contributed by atoms with van der Waals surface area (Å²) in [6.45, 7) is 2.61. The topological polar surface area (TPSA) is 81.8 Å². The fourth-order valence-electron chi connectivity index (χ4n) is 5.24. The molecule has 7 heteroatoms. The molecule has 1 N–H and O–H groups in total. The largest absolute Gasteiger partial charge is 0.477 e. The Labute approximate surface area is 185 Å². The highest BCUT2D eigenvalue weighted by Gasteiger charge is 2.63. The minimum atomic E-state index is -1.11. The van der Waals surface area contributed by atoms with Crippen LogP contribution in [0.3, 0.4) is 0 Å². The number of amides is 2. The highest BCUT2D eigenvalue weighted by atomic mass is 16.4. The van der Waals surface area contributed by atoms with Crippen molar-refractivity contribution < 1.29 is 24.1 Å². The molecule has 2 amide bonds. The number of nitrogens with zero attached hydrogens (tertiary/aromatic N) is 3. The number of benzene rings is 1. The monoisotopic (exact) mass is 430 g/mol. The molecule has 0 aliphatic carbocycles.